The van der Waals surface area contributed by atoms with Crippen molar-refractivity contribution >= 4 is 24.0 Å². The van der Waals surface area contributed by atoms with Crippen LogP contribution in [0.25, 0.3) is 0 Å². The molecule has 0 radical (unpaired) electrons. The Hall–Kier alpha value is -2.20. The van der Waals surface area contributed by atoms with Gasteiger partial charge in [0.1, 0.15) is 12.4 Å². The Balaban J connectivity index is 0.00000288. The van der Waals surface area contributed by atoms with Crippen LogP contribution in [0.3, 0.4) is 0 Å². The molecule has 0 aromatic heterocycles. The number of nitrogens with two attached hydrogens (primary N) is 1. The normalized spacial score (nSPS) is 11.3. The summed E-state index contributed by atoms with van der Waals surface area (Å²) in [5.41, 5.74) is 10.0. The van der Waals surface area contributed by atoms with E-state index in [2.05, 4.69) is 5.32 Å². The lowest BCUT2D eigenvalue weighted by Gasteiger charge is -2.18. The molecule has 2 aromatic rings. The molecule has 4 nitrogen and oxygen atoms in total. The molecule has 0 aliphatic rings. The number of para-hydroxylation sites is 1. The third-order valence-electron chi connectivity index (χ3n) is 3.77. The smallest absolute Gasteiger partial charge is 0.251 e. The van der Waals surface area contributed by atoms with E-state index in [1.54, 1.807) is 12.1 Å². The van der Waals surface area contributed by atoms with Crippen molar-refractivity contribution in [1.82, 2.24) is 5.32 Å². The zero-order chi connectivity index (χ0) is 17.0. The van der Waals surface area contributed by atoms with Crippen molar-refractivity contribution in [2.24, 2.45) is 0 Å². The van der Waals surface area contributed by atoms with Gasteiger partial charge in [0.25, 0.3) is 5.91 Å². The van der Waals surface area contributed by atoms with Crippen molar-refractivity contribution in [3.63, 3.8) is 0 Å². The van der Waals surface area contributed by atoms with Crippen molar-refractivity contribution in [3.8, 4) is 5.75 Å². The topological polar surface area (TPSA) is 64.4 Å². The van der Waals surface area contributed by atoms with Crippen LogP contribution in [0.15, 0.2) is 36.4 Å². The molecule has 0 aliphatic heterocycles. The first kappa shape index (κ1) is 19.8. The summed E-state index contributed by atoms with van der Waals surface area (Å²) < 4.78 is 5.88. The molecule has 1 atom stereocenters. The van der Waals surface area contributed by atoms with Crippen LogP contribution < -0.4 is 15.8 Å². The van der Waals surface area contributed by atoms with Gasteiger partial charge in [0, 0.05) is 11.3 Å². The molecule has 0 saturated carbocycles. The summed E-state index contributed by atoms with van der Waals surface area (Å²) in [7, 11) is 0. The fourth-order valence-corrected chi connectivity index (χ4v) is 2.46. The summed E-state index contributed by atoms with van der Waals surface area (Å²) in [6.45, 7) is 8.27. The average Bonchev–Trinajstić information content (AvgIpc) is 2.49. The van der Waals surface area contributed by atoms with Gasteiger partial charge in [0.2, 0.25) is 0 Å². The maximum atomic E-state index is 12.4. The standard InChI is InChI=1S/C19H24N2O2.ClH/c1-12-8-9-16(20)10-17(12)19(22)21-15(4)11-23-18-13(2)6-5-7-14(18)3;/h5-10,15H,11,20H2,1-4H3,(H,21,22);1H. The monoisotopic (exact) mass is 348 g/mol. The Morgan fingerprint density at radius 1 is 1.12 bits per heavy atom. The van der Waals surface area contributed by atoms with E-state index in [1.165, 1.54) is 0 Å². The van der Waals surface area contributed by atoms with Crippen LogP contribution in [0.5, 0.6) is 5.75 Å². The highest BCUT2D eigenvalue weighted by Crippen LogP contribution is 2.22. The summed E-state index contributed by atoms with van der Waals surface area (Å²) in [5, 5.41) is 2.95. The van der Waals surface area contributed by atoms with E-state index >= 15 is 0 Å². The van der Waals surface area contributed by atoms with E-state index in [4.69, 9.17) is 10.5 Å². The van der Waals surface area contributed by atoms with Crippen LogP contribution in [-0.2, 0) is 0 Å². The highest BCUT2D eigenvalue weighted by Gasteiger charge is 2.13. The fraction of sp³-hybridized carbons (Fsp3) is 0.316. The molecule has 5 heteroatoms. The van der Waals surface area contributed by atoms with E-state index in [1.807, 2.05) is 52.0 Å². The third kappa shape index (κ3) is 4.90. The number of carbonyl (C=O) groups excluding carboxylic acids is 1. The van der Waals surface area contributed by atoms with Gasteiger partial charge in [0.15, 0.2) is 0 Å². The lowest BCUT2D eigenvalue weighted by molar-refractivity contribution is 0.0926. The van der Waals surface area contributed by atoms with Crippen LogP contribution in [-0.4, -0.2) is 18.6 Å². The Morgan fingerprint density at radius 3 is 2.38 bits per heavy atom. The first-order valence-electron chi connectivity index (χ1n) is 7.74. The molecule has 0 bridgehead atoms. The first-order chi connectivity index (χ1) is 10.9. The SMILES string of the molecule is Cc1ccc(N)cc1C(=O)NC(C)COc1c(C)cccc1C.Cl. The zero-order valence-corrected chi connectivity index (χ0v) is 15.4. The number of carbonyl (C=O) groups is 1. The number of hydrogen-bond acceptors (Lipinski definition) is 3. The summed E-state index contributed by atoms with van der Waals surface area (Å²) in [6, 6.07) is 11.3. The average molecular weight is 349 g/mol. The number of anilines is 1. The van der Waals surface area contributed by atoms with Gasteiger partial charge in [0.05, 0.1) is 6.04 Å². The molecule has 130 valence electrons. The van der Waals surface area contributed by atoms with Gasteiger partial charge >= 0.3 is 0 Å². The van der Waals surface area contributed by atoms with Crippen molar-refractivity contribution in [1.29, 1.82) is 0 Å². The number of aryl methyl sites for hydroxylation is 3. The van der Waals surface area contributed by atoms with E-state index in [9.17, 15) is 4.79 Å². The second kappa shape index (κ2) is 8.60. The second-order valence-corrected chi connectivity index (χ2v) is 5.98. The maximum Gasteiger partial charge on any atom is 0.251 e. The van der Waals surface area contributed by atoms with Gasteiger partial charge in [-0.05, 0) is 56.5 Å². The highest BCUT2D eigenvalue weighted by atomic mass is 35.5. The molecular weight excluding hydrogens is 324 g/mol. The lowest BCUT2D eigenvalue weighted by Crippen LogP contribution is -2.37. The lowest BCUT2D eigenvalue weighted by atomic mass is 10.1. The number of rotatable bonds is 5. The molecule has 0 spiro atoms. The van der Waals surface area contributed by atoms with Crippen molar-refractivity contribution in [2.75, 3.05) is 12.3 Å². The van der Waals surface area contributed by atoms with Gasteiger partial charge in [-0.15, -0.1) is 12.4 Å². The highest BCUT2D eigenvalue weighted by molar-refractivity contribution is 5.96. The van der Waals surface area contributed by atoms with Gasteiger partial charge < -0.3 is 15.8 Å². The zero-order valence-electron chi connectivity index (χ0n) is 14.6. The first-order valence-corrected chi connectivity index (χ1v) is 7.74. The Labute approximate surface area is 149 Å². The van der Waals surface area contributed by atoms with Gasteiger partial charge in [-0.25, -0.2) is 0 Å². The number of nitrogen functional groups attached to an aromatic ring is 1. The molecule has 0 aliphatic carbocycles. The molecule has 0 fully saturated rings. The van der Waals surface area contributed by atoms with Crippen molar-refractivity contribution < 1.29 is 9.53 Å². The van der Waals surface area contributed by atoms with Crippen molar-refractivity contribution in [3.05, 3.63) is 58.7 Å². The predicted octanol–water partition coefficient (Wildman–Crippen LogP) is 3.81. The van der Waals surface area contributed by atoms with Crippen LogP contribution in [0, 0.1) is 20.8 Å². The Bertz CT molecular complexity index is 696. The molecule has 2 rings (SSSR count). The number of ether oxygens (including phenoxy) is 1. The van der Waals surface area contributed by atoms with Gasteiger partial charge in [-0.1, -0.05) is 24.3 Å². The number of amides is 1. The minimum atomic E-state index is -0.132. The minimum absolute atomic E-state index is 0. The summed E-state index contributed by atoms with van der Waals surface area (Å²) in [4.78, 5) is 12.4. The summed E-state index contributed by atoms with van der Waals surface area (Å²) in [5.74, 6) is 0.751. The molecule has 24 heavy (non-hydrogen) atoms. The summed E-state index contributed by atoms with van der Waals surface area (Å²) in [6.07, 6.45) is 0. The molecule has 3 N–H and O–H groups in total. The van der Waals surface area contributed by atoms with E-state index in [0.717, 1.165) is 22.4 Å². The van der Waals surface area contributed by atoms with Crippen LogP contribution in [0.2, 0.25) is 0 Å². The molecule has 2 aromatic carbocycles. The second-order valence-electron chi connectivity index (χ2n) is 5.98. The number of halogens is 1. The molecule has 0 saturated heterocycles. The van der Waals surface area contributed by atoms with Crippen molar-refractivity contribution in [2.45, 2.75) is 33.7 Å². The van der Waals surface area contributed by atoms with Crippen LogP contribution >= 0.6 is 12.4 Å². The molecule has 1 amide bonds. The molecule has 0 heterocycles. The Morgan fingerprint density at radius 2 is 1.75 bits per heavy atom. The quantitative estimate of drug-likeness (QED) is 0.807. The number of hydrogen-bond donors (Lipinski definition) is 2. The minimum Gasteiger partial charge on any atom is -0.491 e. The largest absolute Gasteiger partial charge is 0.491 e. The van der Waals surface area contributed by atoms with Crippen LogP contribution in [0.1, 0.15) is 34.0 Å². The van der Waals surface area contributed by atoms with E-state index < -0.39 is 0 Å². The molecule has 1 unspecified atom stereocenters. The van der Waals surface area contributed by atoms with E-state index in [-0.39, 0.29) is 24.4 Å². The molecular formula is C19H25ClN2O2. The Kier molecular flexibility index (Phi) is 7.11. The van der Waals surface area contributed by atoms with Crippen LogP contribution in [0.4, 0.5) is 5.69 Å². The predicted molar refractivity (Wildman–Crippen MR) is 101 cm³/mol. The van der Waals surface area contributed by atoms with E-state index in [0.29, 0.717) is 17.9 Å². The number of nitrogens with one attached hydrogen (secondary N) is 1. The summed E-state index contributed by atoms with van der Waals surface area (Å²) >= 11 is 0. The van der Waals surface area contributed by atoms with Gasteiger partial charge in [-0.3, -0.25) is 4.79 Å². The number of benzene rings is 2. The van der Waals surface area contributed by atoms with Gasteiger partial charge in [-0.2, -0.15) is 0 Å². The maximum absolute atomic E-state index is 12.4. The third-order valence-corrected chi connectivity index (χ3v) is 3.77. The fourth-order valence-electron chi connectivity index (χ4n) is 2.46.